The highest BCUT2D eigenvalue weighted by molar-refractivity contribution is 8.01. The largest absolute Gasteiger partial charge is 0.347 e. The fourth-order valence-electron chi connectivity index (χ4n) is 2.75. The van der Waals surface area contributed by atoms with Crippen LogP contribution in [0.1, 0.15) is 36.6 Å². The summed E-state index contributed by atoms with van der Waals surface area (Å²) in [5.74, 6) is 1.07. The number of rotatable bonds is 6. The Morgan fingerprint density at radius 1 is 1.43 bits per heavy atom. The molecule has 3 rings (SSSR count). The maximum Gasteiger partial charge on any atom is 0.230 e. The van der Waals surface area contributed by atoms with Crippen molar-refractivity contribution < 1.29 is 4.79 Å². The fraction of sp³-hybridized carbons (Fsp3) is 0.500. The summed E-state index contributed by atoms with van der Waals surface area (Å²) < 4.78 is 0.846. The van der Waals surface area contributed by atoms with Crippen molar-refractivity contribution in [1.29, 1.82) is 0 Å². The van der Waals surface area contributed by atoms with Crippen molar-refractivity contribution >= 4 is 40.3 Å². The van der Waals surface area contributed by atoms with E-state index in [1.54, 1.807) is 16.8 Å². The molecule has 1 N–H and O–H groups in total. The summed E-state index contributed by atoms with van der Waals surface area (Å²) in [7, 11) is 0. The zero-order valence-corrected chi connectivity index (χ0v) is 14.0. The number of carbonyl (C=O) groups is 1. The van der Waals surface area contributed by atoms with Crippen molar-refractivity contribution in [3.8, 4) is 0 Å². The number of thiophene rings is 1. The first kappa shape index (κ1) is 15.0. The highest BCUT2D eigenvalue weighted by Crippen LogP contribution is 2.37. The standard InChI is InChI=1S/C14H17N3OS3/c18-12(8-20-14-17-15-9-21-14)16-13(10-4-1-2-5-10)11-6-3-7-19-11/h3,6-7,9-10,13H,1-2,4-5,8H2,(H,16,18)/t13-/m1/s1. The minimum Gasteiger partial charge on any atom is -0.347 e. The Bertz CT molecular complexity index is 550. The van der Waals surface area contributed by atoms with Gasteiger partial charge in [-0.1, -0.05) is 42.0 Å². The Morgan fingerprint density at radius 2 is 2.29 bits per heavy atom. The number of amides is 1. The van der Waals surface area contributed by atoms with Crippen LogP contribution in [0.4, 0.5) is 0 Å². The lowest BCUT2D eigenvalue weighted by atomic mass is 9.97. The molecule has 0 aliphatic heterocycles. The highest BCUT2D eigenvalue weighted by Gasteiger charge is 2.28. The Morgan fingerprint density at radius 3 is 2.95 bits per heavy atom. The lowest BCUT2D eigenvalue weighted by Crippen LogP contribution is -2.33. The van der Waals surface area contributed by atoms with Crippen molar-refractivity contribution in [2.45, 2.75) is 36.1 Å². The maximum absolute atomic E-state index is 12.2. The van der Waals surface area contributed by atoms with Crippen LogP contribution >= 0.6 is 34.4 Å². The van der Waals surface area contributed by atoms with Gasteiger partial charge in [0.15, 0.2) is 4.34 Å². The van der Waals surface area contributed by atoms with E-state index in [0.29, 0.717) is 11.7 Å². The van der Waals surface area contributed by atoms with Gasteiger partial charge in [-0.2, -0.15) is 0 Å². The van der Waals surface area contributed by atoms with Gasteiger partial charge >= 0.3 is 0 Å². The summed E-state index contributed by atoms with van der Waals surface area (Å²) in [5, 5.41) is 13.0. The molecule has 112 valence electrons. The van der Waals surface area contributed by atoms with E-state index in [-0.39, 0.29) is 11.9 Å². The summed E-state index contributed by atoms with van der Waals surface area (Å²) in [6, 6.07) is 4.37. The van der Waals surface area contributed by atoms with Crippen molar-refractivity contribution in [2.75, 3.05) is 5.75 Å². The van der Waals surface area contributed by atoms with Gasteiger partial charge in [0.25, 0.3) is 0 Å². The van der Waals surface area contributed by atoms with E-state index in [9.17, 15) is 4.79 Å². The van der Waals surface area contributed by atoms with Gasteiger partial charge in [-0.3, -0.25) is 4.79 Å². The lowest BCUT2D eigenvalue weighted by molar-refractivity contribution is -0.119. The molecule has 1 atom stereocenters. The van der Waals surface area contributed by atoms with E-state index in [4.69, 9.17) is 0 Å². The van der Waals surface area contributed by atoms with Crippen LogP contribution in [0.15, 0.2) is 27.4 Å². The molecule has 1 fully saturated rings. The van der Waals surface area contributed by atoms with Crippen LogP contribution in [-0.4, -0.2) is 21.9 Å². The predicted octanol–water partition coefficient (Wildman–Crippen LogP) is 3.74. The van der Waals surface area contributed by atoms with Crippen LogP contribution in [0, 0.1) is 5.92 Å². The number of carbonyl (C=O) groups excluding carboxylic acids is 1. The normalized spacial score (nSPS) is 17.0. The molecule has 1 aliphatic carbocycles. The van der Waals surface area contributed by atoms with Crippen molar-refractivity contribution in [1.82, 2.24) is 15.5 Å². The molecule has 21 heavy (non-hydrogen) atoms. The van der Waals surface area contributed by atoms with Gasteiger partial charge in [0, 0.05) is 4.88 Å². The Balaban J connectivity index is 1.59. The molecule has 2 heterocycles. The van der Waals surface area contributed by atoms with Gasteiger partial charge in [0.2, 0.25) is 5.91 Å². The average Bonchev–Trinajstić information content (AvgIpc) is 3.26. The Labute approximate surface area is 136 Å². The van der Waals surface area contributed by atoms with Crippen molar-refractivity contribution in [3.05, 3.63) is 27.9 Å². The van der Waals surface area contributed by atoms with Crippen LogP contribution in [0.3, 0.4) is 0 Å². The molecule has 1 aliphatic rings. The van der Waals surface area contributed by atoms with Crippen molar-refractivity contribution in [2.24, 2.45) is 5.92 Å². The molecule has 0 spiro atoms. The van der Waals surface area contributed by atoms with Gasteiger partial charge in [-0.05, 0) is 30.2 Å². The van der Waals surface area contributed by atoms with E-state index in [1.807, 2.05) is 0 Å². The zero-order valence-electron chi connectivity index (χ0n) is 11.5. The average molecular weight is 340 g/mol. The molecule has 7 heteroatoms. The summed E-state index contributed by atoms with van der Waals surface area (Å²) in [4.78, 5) is 13.5. The first-order chi connectivity index (χ1) is 10.3. The van der Waals surface area contributed by atoms with Crippen LogP contribution in [0.2, 0.25) is 0 Å². The fourth-order valence-corrected chi connectivity index (χ4v) is 4.92. The van der Waals surface area contributed by atoms with Crippen LogP contribution < -0.4 is 5.32 Å². The smallest absolute Gasteiger partial charge is 0.230 e. The molecule has 0 unspecified atom stereocenters. The lowest BCUT2D eigenvalue weighted by Gasteiger charge is -2.23. The second-order valence-electron chi connectivity index (χ2n) is 5.10. The van der Waals surface area contributed by atoms with Gasteiger partial charge in [-0.25, -0.2) is 0 Å². The highest BCUT2D eigenvalue weighted by atomic mass is 32.2. The predicted molar refractivity (Wildman–Crippen MR) is 87.8 cm³/mol. The summed E-state index contributed by atoms with van der Waals surface area (Å²) in [5.41, 5.74) is 1.69. The van der Waals surface area contributed by atoms with Crippen LogP contribution in [0.25, 0.3) is 0 Å². The van der Waals surface area contributed by atoms with Crippen LogP contribution in [0.5, 0.6) is 0 Å². The number of thioether (sulfide) groups is 1. The van der Waals surface area contributed by atoms with Crippen LogP contribution in [-0.2, 0) is 4.79 Å². The first-order valence-corrected chi connectivity index (χ1v) is 9.79. The minimum absolute atomic E-state index is 0.0838. The number of aromatic nitrogens is 2. The topological polar surface area (TPSA) is 54.9 Å². The summed E-state index contributed by atoms with van der Waals surface area (Å²) in [6.45, 7) is 0. The molecule has 1 saturated carbocycles. The van der Waals surface area contributed by atoms with Gasteiger partial charge in [-0.15, -0.1) is 21.5 Å². The van der Waals surface area contributed by atoms with E-state index >= 15 is 0 Å². The van der Waals surface area contributed by atoms with Gasteiger partial charge in [0.05, 0.1) is 11.8 Å². The number of hydrogen-bond acceptors (Lipinski definition) is 6. The third kappa shape index (κ3) is 4.05. The van der Waals surface area contributed by atoms with Crippen molar-refractivity contribution in [3.63, 3.8) is 0 Å². The van der Waals surface area contributed by atoms with Gasteiger partial charge < -0.3 is 5.32 Å². The van der Waals surface area contributed by atoms with E-state index in [0.717, 1.165) is 4.34 Å². The molecular weight excluding hydrogens is 322 g/mol. The van der Waals surface area contributed by atoms with E-state index < -0.39 is 0 Å². The minimum atomic E-state index is 0.0838. The molecule has 2 aromatic rings. The second-order valence-corrected chi connectivity index (χ2v) is 8.13. The van der Waals surface area contributed by atoms with E-state index in [2.05, 4.69) is 33.0 Å². The molecule has 1 amide bonds. The first-order valence-electron chi connectivity index (χ1n) is 7.04. The summed E-state index contributed by atoms with van der Waals surface area (Å²) in [6.07, 6.45) is 4.99. The Kier molecular flexibility index (Phi) is 5.27. The Hall–Kier alpha value is -0.920. The second kappa shape index (κ2) is 7.38. The van der Waals surface area contributed by atoms with Gasteiger partial charge in [0.1, 0.15) is 5.51 Å². The molecule has 0 saturated heterocycles. The molecule has 0 aromatic carbocycles. The summed E-state index contributed by atoms with van der Waals surface area (Å²) >= 11 is 4.66. The monoisotopic (exact) mass is 339 g/mol. The number of nitrogens with one attached hydrogen (secondary N) is 1. The van der Waals surface area contributed by atoms with E-state index in [1.165, 1.54) is 53.7 Å². The zero-order chi connectivity index (χ0) is 14.5. The molecule has 0 radical (unpaired) electrons. The maximum atomic E-state index is 12.2. The number of nitrogens with zero attached hydrogens (tertiary/aromatic N) is 2. The quantitative estimate of drug-likeness (QED) is 0.815. The third-order valence-electron chi connectivity index (χ3n) is 3.70. The molecule has 4 nitrogen and oxygen atoms in total. The molecule has 2 aromatic heterocycles. The number of hydrogen-bond donors (Lipinski definition) is 1. The molecule has 0 bridgehead atoms. The SMILES string of the molecule is O=C(CSc1nncs1)N[C@@H](c1cccs1)C1CCCC1. The third-order valence-corrected chi connectivity index (χ3v) is 6.52. The molecular formula is C14H17N3OS3.